The summed E-state index contributed by atoms with van der Waals surface area (Å²) in [5.74, 6) is 0. The SMILES string of the molecule is O=[N+]([O-])c1cnc(N2CCNCc3ccccc32)s1. The van der Waals surface area contributed by atoms with Gasteiger partial charge in [-0.05, 0) is 23.0 Å². The average molecular weight is 276 g/mol. The summed E-state index contributed by atoms with van der Waals surface area (Å²) in [5, 5.41) is 14.8. The highest BCUT2D eigenvalue weighted by molar-refractivity contribution is 7.18. The Balaban J connectivity index is 2.01. The van der Waals surface area contributed by atoms with Crippen molar-refractivity contribution in [2.75, 3.05) is 18.0 Å². The highest BCUT2D eigenvalue weighted by Gasteiger charge is 2.21. The van der Waals surface area contributed by atoms with Crippen molar-refractivity contribution in [3.63, 3.8) is 0 Å². The Kier molecular flexibility index (Phi) is 3.14. The van der Waals surface area contributed by atoms with Crippen LogP contribution < -0.4 is 10.2 Å². The second kappa shape index (κ2) is 4.94. The van der Waals surface area contributed by atoms with Crippen molar-refractivity contribution in [3.8, 4) is 0 Å². The lowest BCUT2D eigenvalue weighted by molar-refractivity contribution is -0.380. The summed E-state index contributed by atoms with van der Waals surface area (Å²) < 4.78 is 0. The van der Waals surface area contributed by atoms with E-state index < -0.39 is 4.92 Å². The molecule has 0 bridgehead atoms. The molecule has 0 amide bonds. The minimum Gasteiger partial charge on any atom is -0.316 e. The molecule has 0 spiro atoms. The summed E-state index contributed by atoms with van der Waals surface area (Å²) in [6, 6.07) is 8.05. The second-order valence-corrected chi connectivity index (χ2v) is 5.18. The maximum absolute atomic E-state index is 10.8. The van der Waals surface area contributed by atoms with Gasteiger partial charge in [0.1, 0.15) is 6.20 Å². The van der Waals surface area contributed by atoms with Crippen LogP contribution in [-0.4, -0.2) is 23.0 Å². The highest BCUT2D eigenvalue weighted by atomic mass is 32.1. The van der Waals surface area contributed by atoms with Crippen molar-refractivity contribution in [2.24, 2.45) is 0 Å². The first-order chi connectivity index (χ1) is 9.25. The normalized spacial score (nSPS) is 14.8. The molecule has 1 aromatic heterocycles. The Bertz CT molecular complexity index is 613. The second-order valence-electron chi connectivity index (χ2n) is 4.20. The molecule has 98 valence electrons. The summed E-state index contributed by atoms with van der Waals surface area (Å²) in [5.41, 5.74) is 2.25. The van der Waals surface area contributed by atoms with Crippen molar-refractivity contribution in [2.45, 2.75) is 6.54 Å². The van der Waals surface area contributed by atoms with E-state index in [4.69, 9.17) is 0 Å². The van der Waals surface area contributed by atoms with Crippen LogP contribution in [0.15, 0.2) is 30.5 Å². The minimum atomic E-state index is -0.400. The van der Waals surface area contributed by atoms with Crippen molar-refractivity contribution in [1.29, 1.82) is 0 Å². The molecule has 3 rings (SSSR count). The van der Waals surface area contributed by atoms with Gasteiger partial charge >= 0.3 is 5.00 Å². The van der Waals surface area contributed by atoms with Crippen LogP contribution in [0.5, 0.6) is 0 Å². The zero-order chi connectivity index (χ0) is 13.2. The zero-order valence-electron chi connectivity index (χ0n) is 10.1. The molecule has 2 aromatic rings. The van der Waals surface area contributed by atoms with Gasteiger partial charge in [-0.3, -0.25) is 10.1 Å². The quantitative estimate of drug-likeness (QED) is 0.673. The van der Waals surface area contributed by atoms with Gasteiger partial charge in [-0.1, -0.05) is 18.2 Å². The van der Waals surface area contributed by atoms with Crippen LogP contribution in [0.2, 0.25) is 0 Å². The average Bonchev–Trinajstić information content (AvgIpc) is 2.80. The molecule has 0 aliphatic carbocycles. The molecule has 0 saturated heterocycles. The molecule has 0 radical (unpaired) electrons. The summed E-state index contributed by atoms with van der Waals surface area (Å²) in [6.45, 7) is 2.38. The van der Waals surface area contributed by atoms with Crippen LogP contribution in [0.1, 0.15) is 5.56 Å². The fraction of sp³-hybridized carbons (Fsp3) is 0.250. The van der Waals surface area contributed by atoms with Gasteiger partial charge in [0, 0.05) is 25.3 Å². The van der Waals surface area contributed by atoms with Gasteiger partial charge in [-0.2, -0.15) is 0 Å². The lowest BCUT2D eigenvalue weighted by atomic mass is 10.1. The minimum absolute atomic E-state index is 0.0738. The summed E-state index contributed by atoms with van der Waals surface area (Å²) in [6.07, 6.45) is 1.32. The van der Waals surface area contributed by atoms with Crippen LogP contribution in [0.25, 0.3) is 0 Å². The molecule has 2 heterocycles. The number of fused-ring (bicyclic) bond motifs is 1. The first-order valence-electron chi connectivity index (χ1n) is 5.92. The van der Waals surface area contributed by atoms with Crippen molar-refractivity contribution in [1.82, 2.24) is 10.3 Å². The van der Waals surface area contributed by atoms with Crippen LogP contribution in [-0.2, 0) is 6.54 Å². The van der Waals surface area contributed by atoms with Crippen molar-refractivity contribution in [3.05, 3.63) is 46.1 Å². The predicted octanol–water partition coefficient (Wildman–Crippen LogP) is 2.29. The molecule has 0 unspecified atom stereocenters. The number of aromatic nitrogens is 1. The molecule has 0 atom stereocenters. The third-order valence-electron chi connectivity index (χ3n) is 3.00. The molecular weight excluding hydrogens is 264 g/mol. The highest BCUT2D eigenvalue weighted by Crippen LogP contribution is 2.35. The van der Waals surface area contributed by atoms with Crippen LogP contribution in [0.3, 0.4) is 0 Å². The molecule has 0 saturated carbocycles. The van der Waals surface area contributed by atoms with Gasteiger partial charge < -0.3 is 10.2 Å². The Hall–Kier alpha value is -1.99. The monoisotopic (exact) mass is 276 g/mol. The van der Waals surface area contributed by atoms with Gasteiger partial charge in [0.2, 0.25) is 0 Å². The largest absolute Gasteiger partial charge is 0.345 e. The van der Waals surface area contributed by atoms with Gasteiger partial charge in [0.05, 0.1) is 4.92 Å². The smallest absolute Gasteiger partial charge is 0.316 e. The molecule has 1 aromatic carbocycles. The third kappa shape index (κ3) is 2.29. The number of para-hydroxylation sites is 1. The van der Waals surface area contributed by atoms with Crippen LogP contribution >= 0.6 is 11.3 Å². The van der Waals surface area contributed by atoms with E-state index in [1.54, 1.807) is 0 Å². The molecule has 6 nitrogen and oxygen atoms in total. The Labute approximate surface area is 113 Å². The lowest BCUT2D eigenvalue weighted by Gasteiger charge is -2.20. The predicted molar refractivity (Wildman–Crippen MR) is 73.9 cm³/mol. The molecule has 1 aliphatic rings. The van der Waals surface area contributed by atoms with Crippen molar-refractivity contribution >= 4 is 27.2 Å². The Morgan fingerprint density at radius 2 is 2.26 bits per heavy atom. The number of thiazole rings is 1. The van der Waals surface area contributed by atoms with Gasteiger partial charge in [0.15, 0.2) is 5.13 Å². The number of nitrogens with zero attached hydrogens (tertiary/aromatic N) is 3. The number of nitro groups is 1. The third-order valence-corrected chi connectivity index (χ3v) is 3.97. The number of anilines is 2. The first-order valence-corrected chi connectivity index (χ1v) is 6.74. The molecule has 1 N–H and O–H groups in total. The van der Waals surface area contributed by atoms with E-state index in [9.17, 15) is 10.1 Å². The molecule has 0 fully saturated rings. The fourth-order valence-electron chi connectivity index (χ4n) is 2.12. The maximum Gasteiger partial charge on any atom is 0.345 e. The Morgan fingerprint density at radius 1 is 1.42 bits per heavy atom. The van der Waals surface area contributed by atoms with Gasteiger partial charge in [0.25, 0.3) is 0 Å². The number of nitrogens with one attached hydrogen (secondary N) is 1. The number of hydrogen-bond donors (Lipinski definition) is 1. The van der Waals surface area contributed by atoms with Gasteiger partial charge in [-0.15, -0.1) is 0 Å². The van der Waals surface area contributed by atoms with Crippen molar-refractivity contribution < 1.29 is 4.92 Å². The van der Waals surface area contributed by atoms with E-state index in [-0.39, 0.29) is 5.00 Å². The molecule has 19 heavy (non-hydrogen) atoms. The zero-order valence-corrected chi connectivity index (χ0v) is 10.9. The number of benzene rings is 1. The van der Waals surface area contributed by atoms with E-state index >= 15 is 0 Å². The summed E-state index contributed by atoms with van der Waals surface area (Å²) in [7, 11) is 0. The topological polar surface area (TPSA) is 71.3 Å². The standard InChI is InChI=1S/C12H12N4O2S/c17-16(18)11-8-14-12(19-11)15-6-5-13-7-9-3-1-2-4-10(9)15/h1-4,8,13H,5-7H2. The van der Waals surface area contributed by atoms with E-state index in [0.29, 0.717) is 5.13 Å². The van der Waals surface area contributed by atoms with E-state index in [1.165, 1.54) is 11.8 Å². The van der Waals surface area contributed by atoms with Crippen LogP contribution in [0, 0.1) is 10.1 Å². The summed E-state index contributed by atoms with van der Waals surface area (Å²) in [4.78, 5) is 16.6. The van der Waals surface area contributed by atoms with Gasteiger partial charge in [-0.25, -0.2) is 4.98 Å². The first kappa shape index (κ1) is 12.1. The number of rotatable bonds is 2. The summed E-state index contributed by atoms with van der Waals surface area (Å²) >= 11 is 1.11. The fourth-order valence-corrected chi connectivity index (χ4v) is 2.89. The number of hydrogen-bond acceptors (Lipinski definition) is 6. The van der Waals surface area contributed by atoms with E-state index in [0.717, 1.165) is 36.7 Å². The van der Waals surface area contributed by atoms with Crippen LogP contribution in [0.4, 0.5) is 15.8 Å². The maximum atomic E-state index is 10.8. The van der Waals surface area contributed by atoms with E-state index in [1.807, 2.05) is 23.1 Å². The molecule has 7 heteroatoms. The van der Waals surface area contributed by atoms with E-state index in [2.05, 4.69) is 16.4 Å². The Morgan fingerprint density at radius 3 is 3.05 bits per heavy atom. The lowest BCUT2D eigenvalue weighted by Crippen LogP contribution is -2.24. The molecule has 1 aliphatic heterocycles. The molecular formula is C12H12N4O2S.